The lowest BCUT2D eigenvalue weighted by atomic mass is 10.0. The van der Waals surface area contributed by atoms with Gasteiger partial charge >= 0.3 is 11.9 Å². The summed E-state index contributed by atoms with van der Waals surface area (Å²) in [5, 5.41) is 13.6. The van der Waals surface area contributed by atoms with E-state index in [0.29, 0.717) is 5.57 Å². The summed E-state index contributed by atoms with van der Waals surface area (Å²) >= 11 is 2.74. The Morgan fingerprint density at radius 2 is 2.14 bits per heavy atom. The Morgan fingerprint density at radius 3 is 2.72 bits per heavy atom. The molecule has 10 nitrogen and oxygen atoms in total. The lowest BCUT2D eigenvalue weighted by molar-refractivity contribution is -0.151. The SMILES string of the molecule is CN=c1scc(CC(=O)NC2C(=O)N3C(C(=O)O)=C(COC(C)=O)CSC23)n1C. The van der Waals surface area contributed by atoms with Crippen LogP contribution in [0.2, 0.25) is 0 Å². The fraction of sp³-hybridized carbons (Fsp3) is 0.471. The summed E-state index contributed by atoms with van der Waals surface area (Å²) in [5.41, 5.74) is 0.944. The van der Waals surface area contributed by atoms with Gasteiger partial charge in [0.05, 0.1) is 6.42 Å². The van der Waals surface area contributed by atoms with E-state index in [0.717, 1.165) is 15.4 Å². The van der Waals surface area contributed by atoms with E-state index in [9.17, 15) is 24.3 Å². The van der Waals surface area contributed by atoms with Crippen molar-refractivity contribution in [3.05, 3.63) is 27.1 Å². The second kappa shape index (κ2) is 8.41. The van der Waals surface area contributed by atoms with Crippen LogP contribution < -0.4 is 10.1 Å². The predicted molar refractivity (Wildman–Crippen MR) is 105 cm³/mol. The Morgan fingerprint density at radius 1 is 1.41 bits per heavy atom. The average Bonchev–Trinajstić information content (AvgIpc) is 3.02. The molecule has 0 radical (unpaired) electrons. The van der Waals surface area contributed by atoms with Crippen LogP contribution in [-0.2, 0) is 37.4 Å². The lowest BCUT2D eigenvalue weighted by Crippen LogP contribution is -2.70. The minimum atomic E-state index is -1.27. The van der Waals surface area contributed by atoms with E-state index in [4.69, 9.17) is 4.74 Å². The summed E-state index contributed by atoms with van der Waals surface area (Å²) in [6.45, 7) is 1.04. The molecule has 0 aromatic carbocycles. The highest BCUT2D eigenvalue weighted by atomic mass is 32.2. The zero-order valence-corrected chi connectivity index (χ0v) is 17.6. The molecule has 1 aromatic heterocycles. The Kier molecular flexibility index (Phi) is 6.13. The van der Waals surface area contributed by atoms with Gasteiger partial charge in [-0.3, -0.25) is 24.3 Å². The van der Waals surface area contributed by atoms with Gasteiger partial charge in [-0.25, -0.2) is 4.79 Å². The van der Waals surface area contributed by atoms with Crippen LogP contribution in [0, 0.1) is 0 Å². The molecule has 2 amide bonds. The van der Waals surface area contributed by atoms with Gasteiger partial charge in [0.2, 0.25) is 5.91 Å². The number of aromatic nitrogens is 1. The summed E-state index contributed by atoms with van der Waals surface area (Å²) in [4.78, 5) is 53.7. The van der Waals surface area contributed by atoms with E-state index in [1.165, 1.54) is 30.0 Å². The van der Waals surface area contributed by atoms with Crippen LogP contribution in [0.15, 0.2) is 21.6 Å². The molecule has 2 aliphatic rings. The number of hydrogen-bond donors (Lipinski definition) is 2. The van der Waals surface area contributed by atoms with Gasteiger partial charge in [0.15, 0.2) is 4.80 Å². The van der Waals surface area contributed by atoms with Gasteiger partial charge in [0, 0.05) is 43.4 Å². The van der Waals surface area contributed by atoms with Crippen LogP contribution in [0.3, 0.4) is 0 Å². The molecule has 0 spiro atoms. The maximum atomic E-state index is 12.6. The highest BCUT2D eigenvalue weighted by Gasteiger charge is 2.54. The summed E-state index contributed by atoms with van der Waals surface area (Å²) in [5.74, 6) is -2.33. The van der Waals surface area contributed by atoms with Crippen LogP contribution >= 0.6 is 23.1 Å². The van der Waals surface area contributed by atoms with Crippen molar-refractivity contribution in [2.24, 2.45) is 12.0 Å². The van der Waals surface area contributed by atoms with E-state index in [1.54, 1.807) is 11.6 Å². The Labute approximate surface area is 174 Å². The molecule has 2 N–H and O–H groups in total. The van der Waals surface area contributed by atoms with E-state index in [2.05, 4.69) is 10.3 Å². The number of β-lactam (4-membered cyclic amide) rings is 1. The molecular formula is C17H20N4O6S2. The summed E-state index contributed by atoms with van der Waals surface area (Å²) < 4.78 is 6.70. The first-order valence-corrected chi connectivity index (χ1v) is 10.6. The molecule has 2 aliphatic heterocycles. The van der Waals surface area contributed by atoms with Crippen molar-refractivity contribution < 1.29 is 29.0 Å². The number of carbonyl (C=O) groups is 4. The van der Waals surface area contributed by atoms with Gasteiger partial charge in [-0.15, -0.1) is 23.1 Å². The van der Waals surface area contributed by atoms with Crippen molar-refractivity contribution in [3.63, 3.8) is 0 Å². The number of carboxylic acid groups (broad SMARTS) is 1. The number of amides is 2. The smallest absolute Gasteiger partial charge is 0.352 e. The molecule has 0 bridgehead atoms. The minimum Gasteiger partial charge on any atom is -0.477 e. The first-order chi connectivity index (χ1) is 13.7. The number of hydrogen-bond acceptors (Lipinski definition) is 8. The number of aliphatic carboxylic acids is 1. The molecule has 29 heavy (non-hydrogen) atoms. The highest BCUT2D eigenvalue weighted by Crippen LogP contribution is 2.40. The third-order valence-corrected chi connectivity index (χ3v) is 6.96. The molecule has 156 valence electrons. The molecule has 0 saturated carbocycles. The largest absolute Gasteiger partial charge is 0.477 e. The number of rotatable bonds is 6. The normalized spacial score (nSPS) is 21.6. The quantitative estimate of drug-likeness (QED) is 0.449. The molecule has 2 unspecified atom stereocenters. The summed E-state index contributed by atoms with van der Waals surface area (Å²) in [6, 6.07) is -0.795. The summed E-state index contributed by atoms with van der Waals surface area (Å²) in [7, 11) is 3.48. The number of thioether (sulfide) groups is 1. The zero-order chi connectivity index (χ0) is 21.3. The van der Waals surface area contributed by atoms with Crippen molar-refractivity contribution in [1.82, 2.24) is 14.8 Å². The first-order valence-electron chi connectivity index (χ1n) is 8.63. The van der Waals surface area contributed by atoms with Crippen LogP contribution in [0.5, 0.6) is 0 Å². The van der Waals surface area contributed by atoms with Gasteiger partial charge < -0.3 is 19.7 Å². The summed E-state index contributed by atoms with van der Waals surface area (Å²) in [6.07, 6.45) is 0.0863. The van der Waals surface area contributed by atoms with Crippen molar-refractivity contribution in [2.45, 2.75) is 24.8 Å². The third kappa shape index (κ3) is 4.08. The molecule has 3 heterocycles. The van der Waals surface area contributed by atoms with Crippen molar-refractivity contribution in [1.29, 1.82) is 0 Å². The standard InChI is InChI=1S/C17H20N4O6S2/c1-8(22)27-5-9-6-28-15-12(14(24)21(15)13(9)16(25)26)19-11(23)4-10-7-29-17(18-2)20(10)3/h7,12,15H,4-6H2,1-3H3,(H,19,23)(H,25,26). The van der Waals surface area contributed by atoms with Gasteiger partial charge in [0.1, 0.15) is 23.7 Å². The Balaban J connectivity index is 1.70. The molecule has 2 atom stereocenters. The van der Waals surface area contributed by atoms with E-state index in [-0.39, 0.29) is 30.4 Å². The molecule has 1 saturated heterocycles. The van der Waals surface area contributed by atoms with Crippen LogP contribution in [-0.4, -0.2) is 69.1 Å². The minimum absolute atomic E-state index is 0.0863. The molecule has 12 heteroatoms. The molecule has 0 aliphatic carbocycles. The number of nitrogens with zero attached hydrogens (tertiary/aromatic N) is 3. The second-order valence-electron chi connectivity index (χ2n) is 6.46. The number of esters is 1. The third-order valence-electron chi connectivity index (χ3n) is 4.57. The van der Waals surface area contributed by atoms with Gasteiger partial charge in [0.25, 0.3) is 5.91 Å². The van der Waals surface area contributed by atoms with Crippen LogP contribution in [0.25, 0.3) is 0 Å². The van der Waals surface area contributed by atoms with Gasteiger partial charge in [-0.1, -0.05) is 0 Å². The zero-order valence-electron chi connectivity index (χ0n) is 16.0. The fourth-order valence-corrected chi connectivity index (χ4v) is 5.33. The maximum Gasteiger partial charge on any atom is 0.352 e. The first kappa shape index (κ1) is 21.1. The second-order valence-corrected chi connectivity index (χ2v) is 8.40. The number of nitrogens with one attached hydrogen (secondary N) is 1. The molecular weight excluding hydrogens is 420 g/mol. The number of thiazole rings is 1. The molecule has 3 rings (SSSR count). The van der Waals surface area contributed by atoms with Crippen LogP contribution in [0.1, 0.15) is 12.6 Å². The van der Waals surface area contributed by atoms with Gasteiger partial charge in [-0.2, -0.15) is 0 Å². The number of carbonyl (C=O) groups excluding carboxylic acids is 3. The predicted octanol–water partition coefficient (Wildman–Crippen LogP) is -0.539. The lowest BCUT2D eigenvalue weighted by Gasteiger charge is -2.49. The average molecular weight is 441 g/mol. The molecule has 1 aromatic rings. The van der Waals surface area contributed by atoms with Crippen molar-refractivity contribution in [2.75, 3.05) is 19.4 Å². The number of fused-ring (bicyclic) bond motifs is 1. The van der Waals surface area contributed by atoms with Crippen LogP contribution in [0.4, 0.5) is 0 Å². The van der Waals surface area contributed by atoms with Crippen molar-refractivity contribution >= 4 is 46.9 Å². The maximum absolute atomic E-state index is 12.6. The number of carboxylic acids is 1. The Hall–Kier alpha value is -2.60. The van der Waals surface area contributed by atoms with E-state index in [1.807, 2.05) is 12.4 Å². The fourth-order valence-electron chi connectivity index (χ4n) is 3.14. The van der Waals surface area contributed by atoms with Crippen molar-refractivity contribution in [3.8, 4) is 0 Å². The highest BCUT2D eigenvalue weighted by molar-refractivity contribution is 8.00. The number of ether oxygens (including phenoxy) is 1. The van der Waals surface area contributed by atoms with E-state index >= 15 is 0 Å². The van der Waals surface area contributed by atoms with Gasteiger partial charge in [-0.05, 0) is 0 Å². The Bertz CT molecular complexity index is 979. The monoisotopic (exact) mass is 440 g/mol. The topological polar surface area (TPSA) is 130 Å². The van der Waals surface area contributed by atoms with E-state index < -0.39 is 29.3 Å². The molecule has 1 fully saturated rings.